The number of hydrogen-bond donors (Lipinski definition) is 3. The van der Waals surface area contributed by atoms with Crippen molar-refractivity contribution in [1.82, 2.24) is 15.6 Å². The zero-order valence-electron chi connectivity index (χ0n) is 10.5. The smallest absolute Gasteiger partial charge is 0.239 e. The van der Waals surface area contributed by atoms with Crippen molar-refractivity contribution in [3.05, 3.63) is 16.6 Å². The van der Waals surface area contributed by atoms with Crippen molar-refractivity contribution < 1.29 is 9.59 Å². The van der Waals surface area contributed by atoms with Gasteiger partial charge in [-0.25, -0.2) is 0 Å². The Labute approximate surface area is 110 Å². The molecule has 6 nitrogen and oxygen atoms in total. The fourth-order valence-corrected chi connectivity index (χ4v) is 1.70. The third-order valence-corrected chi connectivity index (χ3v) is 3.17. The van der Waals surface area contributed by atoms with Crippen LogP contribution >= 0.6 is 11.3 Å². The van der Waals surface area contributed by atoms with E-state index in [0.29, 0.717) is 6.54 Å². The van der Waals surface area contributed by atoms with Crippen molar-refractivity contribution in [3.63, 3.8) is 0 Å². The van der Waals surface area contributed by atoms with E-state index in [-0.39, 0.29) is 24.3 Å². The highest BCUT2D eigenvalue weighted by Gasteiger charge is 2.17. The van der Waals surface area contributed by atoms with Crippen LogP contribution in [0.5, 0.6) is 0 Å². The summed E-state index contributed by atoms with van der Waals surface area (Å²) in [5.41, 5.74) is 7.35. The first-order valence-electron chi connectivity index (χ1n) is 5.68. The molecule has 2 amide bonds. The van der Waals surface area contributed by atoms with Gasteiger partial charge in [0, 0.05) is 11.1 Å². The highest BCUT2D eigenvalue weighted by Crippen LogP contribution is 2.03. The molecule has 7 heteroatoms. The van der Waals surface area contributed by atoms with Crippen LogP contribution in [0.15, 0.2) is 11.7 Å². The van der Waals surface area contributed by atoms with E-state index in [4.69, 9.17) is 5.73 Å². The predicted octanol–water partition coefficient (Wildman–Crippen LogP) is -0.141. The van der Waals surface area contributed by atoms with Gasteiger partial charge in [0.25, 0.3) is 0 Å². The van der Waals surface area contributed by atoms with Crippen LogP contribution in [0.4, 0.5) is 0 Å². The average Bonchev–Trinajstić information content (AvgIpc) is 2.85. The van der Waals surface area contributed by atoms with E-state index in [2.05, 4.69) is 15.6 Å². The highest BCUT2D eigenvalue weighted by atomic mass is 32.1. The molecule has 1 aromatic heterocycles. The molecule has 18 heavy (non-hydrogen) atoms. The Morgan fingerprint density at radius 2 is 2.17 bits per heavy atom. The molecule has 0 bridgehead atoms. The number of nitrogens with one attached hydrogen (secondary N) is 2. The monoisotopic (exact) mass is 270 g/mol. The molecule has 0 saturated heterocycles. The molecule has 1 rings (SSSR count). The number of aromatic nitrogens is 1. The Balaban J connectivity index is 2.23. The molecule has 0 aliphatic carbocycles. The van der Waals surface area contributed by atoms with Crippen molar-refractivity contribution in [2.24, 2.45) is 11.7 Å². The molecule has 1 atom stereocenters. The summed E-state index contributed by atoms with van der Waals surface area (Å²) in [6.45, 7) is 4.08. The van der Waals surface area contributed by atoms with Gasteiger partial charge < -0.3 is 16.4 Å². The Morgan fingerprint density at radius 1 is 1.44 bits per heavy atom. The summed E-state index contributed by atoms with van der Waals surface area (Å²) >= 11 is 1.46. The summed E-state index contributed by atoms with van der Waals surface area (Å²) in [7, 11) is 0. The lowest BCUT2D eigenvalue weighted by molar-refractivity contribution is -0.127. The molecule has 0 spiro atoms. The van der Waals surface area contributed by atoms with Gasteiger partial charge in [-0.3, -0.25) is 14.6 Å². The van der Waals surface area contributed by atoms with E-state index in [0.717, 1.165) is 4.88 Å². The van der Waals surface area contributed by atoms with Crippen molar-refractivity contribution >= 4 is 23.2 Å². The number of nitrogens with two attached hydrogens (primary N) is 1. The van der Waals surface area contributed by atoms with Crippen LogP contribution in [-0.4, -0.2) is 29.4 Å². The minimum atomic E-state index is -0.584. The second-order valence-corrected chi connectivity index (χ2v) is 5.20. The second kappa shape index (κ2) is 7.07. The summed E-state index contributed by atoms with van der Waals surface area (Å²) in [5.74, 6) is -0.504. The van der Waals surface area contributed by atoms with Crippen molar-refractivity contribution in [1.29, 1.82) is 0 Å². The van der Waals surface area contributed by atoms with E-state index in [1.165, 1.54) is 11.3 Å². The number of nitrogens with zero attached hydrogens (tertiary/aromatic N) is 1. The predicted molar refractivity (Wildman–Crippen MR) is 69.8 cm³/mol. The van der Waals surface area contributed by atoms with Gasteiger partial charge in [0.15, 0.2) is 0 Å². The lowest BCUT2D eigenvalue weighted by Crippen LogP contribution is -2.47. The lowest BCUT2D eigenvalue weighted by Gasteiger charge is -2.14. The van der Waals surface area contributed by atoms with Crippen LogP contribution in [0.2, 0.25) is 0 Å². The van der Waals surface area contributed by atoms with Gasteiger partial charge in [-0.2, -0.15) is 0 Å². The third kappa shape index (κ3) is 4.80. The standard InChI is InChI=1S/C11H18N4O2S/c1-7(2)10(12)11(17)15-5-9(16)14-4-8-3-13-6-18-8/h3,6-7,10H,4-5,12H2,1-2H3,(H,14,16)(H,15,17)/t10-/m0/s1. The maximum atomic E-state index is 11.5. The van der Waals surface area contributed by atoms with Gasteiger partial charge in [-0.05, 0) is 5.92 Å². The topological polar surface area (TPSA) is 97.1 Å². The summed E-state index contributed by atoms with van der Waals surface area (Å²) < 4.78 is 0. The van der Waals surface area contributed by atoms with Gasteiger partial charge in [0.1, 0.15) is 0 Å². The maximum Gasteiger partial charge on any atom is 0.239 e. The Hall–Kier alpha value is -1.47. The molecule has 1 heterocycles. The van der Waals surface area contributed by atoms with E-state index in [9.17, 15) is 9.59 Å². The van der Waals surface area contributed by atoms with Crippen LogP contribution < -0.4 is 16.4 Å². The summed E-state index contributed by atoms with van der Waals surface area (Å²) in [6, 6.07) is -0.584. The van der Waals surface area contributed by atoms with E-state index >= 15 is 0 Å². The van der Waals surface area contributed by atoms with Crippen LogP contribution in [-0.2, 0) is 16.1 Å². The lowest BCUT2D eigenvalue weighted by atomic mass is 10.1. The second-order valence-electron chi connectivity index (χ2n) is 4.23. The van der Waals surface area contributed by atoms with Gasteiger partial charge >= 0.3 is 0 Å². The summed E-state index contributed by atoms with van der Waals surface area (Å²) in [5, 5.41) is 5.19. The zero-order valence-corrected chi connectivity index (χ0v) is 11.3. The largest absolute Gasteiger partial charge is 0.350 e. The molecule has 4 N–H and O–H groups in total. The van der Waals surface area contributed by atoms with Crippen molar-refractivity contribution in [3.8, 4) is 0 Å². The molecule has 0 aromatic carbocycles. The number of amides is 2. The number of rotatable bonds is 6. The van der Waals surface area contributed by atoms with Crippen molar-refractivity contribution in [2.45, 2.75) is 26.4 Å². The molecule has 0 fully saturated rings. The zero-order chi connectivity index (χ0) is 13.5. The van der Waals surface area contributed by atoms with E-state index in [1.807, 2.05) is 13.8 Å². The molecule has 100 valence electrons. The molecule has 0 aliphatic heterocycles. The highest BCUT2D eigenvalue weighted by molar-refractivity contribution is 7.09. The average molecular weight is 270 g/mol. The first kappa shape index (κ1) is 14.6. The number of hydrogen-bond acceptors (Lipinski definition) is 5. The molecule has 0 unspecified atom stereocenters. The van der Waals surface area contributed by atoms with Gasteiger partial charge in [-0.1, -0.05) is 13.8 Å². The normalized spacial score (nSPS) is 12.2. The van der Waals surface area contributed by atoms with E-state index in [1.54, 1.807) is 11.7 Å². The minimum Gasteiger partial charge on any atom is -0.350 e. The number of thiazole rings is 1. The van der Waals surface area contributed by atoms with Crippen LogP contribution in [0.1, 0.15) is 18.7 Å². The van der Waals surface area contributed by atoms with Crippen LogP contribution in [0.25, 0.3) is 0 Å². The van der Waals surface area contributed by atoms with Crippen LogP contribution in [0, 0.1) is 5.92 Å². The Bertz CT molecular complexity index is 392. The summed E-state index contributed by atoms with van der Waals surface area (Å²) in [4.78, 5) is 27.8. The number of carbonyl (C=O) groups is 2. The SMILES string of the molecule is CC(C)[C@H](N)C(=O)NCC(=O)NCc1cncs1. The third-order valence-electron chi connectivity index (χ3n) is 2.39. The summed E-state index contributed by atoms with van der Waals surface area (Å²) in [6.07, 6.45) is 1.69. The molecule has 0 saturated carbocycles. The van der Waals surface area contributed by atoms with Gasteiger partial charge in [0.2, 0.25) is 11.8 Å². The van der Waals surface area contributed by atoms with E-state index < -0.39 is 6.04 Å². The molecule has 1 aromatic rings. The quantitative estimate of drug-likeness (QED) is 0.670. The molecular weight excluding hydrogens is 252 g/mol. The first-order valence-corrected chi connectivity index (χ1v) is 6.56. The Kier molecular flexibility index (Phi) is 5.73. The maximum absolute atomic E-state index is 11.5. The molecule has 0 radical (unpaired) electrons. The minimum absolute atomic E-state index is 0.0465. The van der Waals surface area contributed by atoms with Crippen LogP contribution in [0.3, 0.4) is 0 Å². The van der Waals surface area contributed by atoms with Gasteiger partial charge in [-0.15, -0.1) is 11.3 Å². The first-order chi connectivity index (χ1) is 8.50. The fraction of sp³-hybridized carbons (Fsp3) is 0.545. The molecule has 0 aliphatic rings. The van der Waals surface area contributed by atoms with Crippen molar-refractivity contribution in [2.75, 3.05) is 6.54 Å². The molecular formula is C11H18N4O2S. The fourth-order valence-electron chi connectivity index (χ4n) is 1.17. The number of carbonyl (C=O) groups excluding carboxylic acids is 2. The Morgan fingerprint density at radius 3 is 2.72 bits per heavy atom. The van der Waals surface area contributed by atoms with Gasteiger partial charge in [0.05, 0.1) is 24.6 Å².